The van der Waals surface area contributed by atoms with Crippen LogP contribution in [0.2, 0.25) is 0 Å². The van der Waals surface area contributed by atoms with E-state index in [1.54, 1.807) is 13.2 Å². The highest BCUT2D eigenvalue weighted by molar-refractivity contribution is 5.94. The zero-order valence-electron chi connectivity index (χ0n) is 19.9. The van der Waals surface area contributed by atoms with E-state index in [9.17, 15) is 4.79 Å². The summed E-state index contributed by atoms with van der Waals surface area (Å²) in [4.78, 5) is 21.8. The second-order valence-corrected chi connectivity index (χ2v) is 8.69. The predicted molar refractivity (Wildman–Crippen MR) is 137 cm³/mol. The summed E-state index contributed by atoms with van der Waals surface area (Å²) in [7, 11) is 1.66. The average Bonchev–Trinajstić information content (AvgIpc) is 3.63. The maximum absolute atomic E-state index is 12.8. The normalized spacial score (nSPS) is 13.8. The van der Waals surface area contributed by atoms with Gasteiger partial charge in [0.15, 0.2) is 5.65 Å². The van der Waals surface area contributed by atoms with Crippen LogP contribution >= 0.6 is 0 Å². The lowest BCUT2D eigenvalue weighted by atomic mass is 10.1. The van der Waals surface area contributed by atoms with Crippen molar-refractivity contribution in [3.63, 3.8) is 0 Å². The van der Waals surface area contributed by atoms with Crippen LogP contribution in [0.25, 0.3) is 28.2 Å². The molecule has 0 unspecified atom stereocenters. The first-order valence-corrected chi connectivity index (χ1v) is 11.9. The minimum Gasteiger partial charge on any atom is -0.497 e. The third-order valence-electron chi connectivity index (χ3n) is 6.50. The second kappa shape index (κ2) is 9.22. The Kier molecular flexibility index (Phi) is 5.61. The van der Waals surface area contributed by atoms with Crippen LogP contribution in [0.3, 0.4) is 0 Å². The largest absolute Gasteiger partial charge is 0.497 e. The first-order chi connectivity index (χ1) is 17.7. The second-order valence-electron chi connectivity index (χ2n) is 8.69. The third-order valence-corrected chi connectivity index (χ3v) is 6.50. The molecule has 1 aliphatic heterocycles. The molecule has 0 bridgehead atoms. The summed E-state index contributed by atoms with van der Waals surface area (Å²) in [6.07, 6.45) is 3.02. The Bertz CT molecular complexity index is 1500. The number of nitrogens with zero attached hydrogens (tertiary/aromatic N) is 5. The summed E-state index contributed by atoms with van der Waals surface area (Å²) in [6, 6.07) is 23.8. The fourth-order valence-corrected chi connectivity index (χ4v) is 4.57. The van der Waals surface area contributed by atoms with Gasteiger partial charge in [0.2, 0.25) is 0 Å². The lowest BCUT2D eigenvalue weighted by molar-refractivity contribution is 0.0745. The summed E-state index contributed by atoms with van der Waals surface area (Å²) in [5.41, 5.74) is 5.05. The van der Waals surface area contributed by atoms with E-state index in [4.69, 9.17) is 19.2 Å². The first-order valence-electron chi connectivity index (χ1n) is 11.9. The molecule has 1 amide bonds. The van der Waals surface area contributed by atoms with Crippen LogP contribution in [0, 0.1) is 0 Å². The highest BCUT2D eigenvalue weighted by atomic mass is 16.5. The number of aromatic nitrogens is 3. The molecule has 36 heavy (non-hydrogen) atoms. The van der Waals surface area contributed by atoms with Crippen LogP contribution in [-0.4, -0.2) is 58.7 Å². The summed E-state index contributed by atoms with van der Waals surface area (Å²) in [6.45, 7) is 2.59. The number of fused-ring (bicyclic) bond motifs is 1. The number of carbonyl (C=O) groups is 1. The predicted octanol–water partition coefficient (Wildman–Crippen LogP) is 4.63. The molecule has 8 heteroatoms. The Morgan fingerprint density at radius 2 is 1.69 bits per heavy atom. The molecule has 0 spiro atoms. The Hall–Kier alpha value is -4.59. The van der Waals surface area contributed by atoms with E-state index in [1.807, 2.05) is 57.9 Å². The maximum atomic E-state index is 12.8. The van der Waals surface area contributed by atoms with Crippen molar-refractivity contribution in [2.45, 2.75) is 0 Å². The van der Waals surface area contributed by atoms with E-state index in [1.165, 1.54) is 12.5 Å². The number of rotatable bonds is 5. The molecular formula is C28H25N5O3. The summed E-state index contributed by atoms with van der Waals surface area (Å²) in [5.74, 6) is 1.72. The molecule has 0 aliphatic carbocycles. The zero-order chi connectivity index (χ0) is 24.5. The van der Waals surface area contributed by atoms with Crippen LogP contribution in [0.4, 0.5) is 5.82 Å². The van der Waals surface area contributed by atoms with Gasteiger partial charge in [0, 0.05) is 49.4 Å². The molecule has 1 aliphatic rings. The van der Waals surface area contributed by atoms with E-state index in [0.717, 1.165) is 39.7 Å². The molecule has 3 aromatic heterocycles. The van der Waals surface area contributed by atoms with Gasteiger partial charge >= 0.3 is 0 Å². The molecule has 0 saturated carbocycles. The summed E-state index contributed by atoms with van der Waals surface area (Å²) >= 11 is 0. The van der Waals surface area contributed by atoms with E-state index < -0.39 is 0 Å². The summed E-state index contributed by atoms with van der Waals surface area (Å²) < 4.78 is 12.4. The molecule has 0 radical (unpaired) electrons. The van der Waals surface area contributed by atoms with Gasteiger partial charge in [-0.1, -0.05) is 42.5 Å². The molecule has 6 rings (SSSR count). The number of methoxy groups -OCH3 is 1. The van der Waals surface area contributed by atoms with Crippen LogP contribution in [0.1, 0.15) is 10.4 Å². The molecule has 8 nitrogen and oxygen atoms in total. The molecule has 0 atom stereocenters. The third kappa shape index (κ3) is 4.07. The summed E-state index contributed by atoms with van der Waals surface area (Å²) in [5, 5.41) is 4.93. The molecule has 1 saturated heterocycles. The first kappa shape index (κ1) is 21.9. The van der Waals surface area contributed by atoms with Gasteiger partial charge in [-0.25, -0.2) is 4.98 Å². The molecule has 0 N–H and O–H groups in total. The smallest absolute Gasteiger partial charge is 0.257 e. The quantitative estimate of drug-likeness (QED) is 0.366. The number of amides is 1. The molecular weight excluding hydrogens is 454 g/mol. The number of furan rings is 1. The van der Waals surface area contributed by atoms with E-state index in [-0.39, 0.29) is 5.91 Å². The lowest BCUT2D eigenvalue weighted by Gasteiger charge is -2.36. The number of anilines is 1. The van der Waals surface area contributed by atoms with E-state index in [2.05, 4.69) is 23.1 Å². The fraction of sp³-hybridized carbons (Fsp3) is 0.179. The Labute approximate surface area is 208 Å². The van der Waals surface area contributed by atoms with Crippen molar-refractivity contribution < 1.29 is 13.9 Å². The Morgan fingerprint density at radius 1 is 0.889 bits per heavy atom. The Balaban J connectivity index is 1.37. The van der Waals surface area contributed by atoms with Crippen LogP contribution in [-0.2, 0) is 0 Å². The van der Waals surface area contributed by atoms with Gasteiger partial charge in [-0.05, 0) is 18.2 Å². The van der Waals surface area contributed by atoms with Gasteiger partial charge in [0.1, 0.15) is 17.8 Å². The highest BCUT2D eigenvalue weighted by Gasteiger charge is 2.25. The van der Waals surface area contributed by atoms with E-state index in [0.29, 0.717) is 31.7 Å². The SMILES string of the molecule is COc1cccc(-c2cc3nc(-c4ccccc4)cc(N4CCN(C(=O)c5ccoc5)CC4)n3n2)c1. The maximum Gasteiger partial charge on any atom is 0.257 e. The molecule has 5 aromatic rings. The monoisotopic (exact) mass is 479 g/mol. The molecule has 180 valence electrons. The number of piperazine rings is 1. The van der Waals surface area contributed by atoms with E-state index >= 15 is 0 Å². The number of carbonyl (C=O) groups excluding carboxylic acids is 1. The lowest BCUT2D eigenvalue weighted by Crippen LogP contribution is -2.49. The van der Waals surface area contributed by atoms with Gasteiger partial charge in [-0.2, -0.15) is 9.61 Å². The standard InChI is InChI=1S/C28H25N5O3/c1-35-23-9-5-8-21(16-23)25-17-26-29-24(20-6-3-2-4-7-20)18-27(33(26)30-25)31-11-13-32(14-12-31)28(34)22-10-15-36-19-22/h2-10,15-19H,11-14H2,1H3. The van der Waals surface area contributed by atoms with Crippen LogP contribution < -0.4 is 9.64 Å². The topological polar surface area (TPSA) is 76.1 Å². The molecule has 4 heterocycles. The average molecular weight is 480 g/mol. The van der Waals surface area contributed by atoms with Crippen molar-refractivity contribution in [2.75, 3.05) is 38.2 Å². The number of ether oxygens (including phenoxy) is 1. The van der Waals surface area contributed by atoms with Crippen LogP contribution in [0.5, 0.6) is 5.75 Å². The number of benzene rings is 2. The van der Waals surface area contributed by atoms with Crippen molar-refractivity contribution in [2.24, 2.45) is 0 Å². The van der Waals surface area contributed by atoms with Crippen molar-refractivity contribution in [3.8, 4) is 28.3 Å². The minimum absolute atomic E-state index is 0.00681. The Morgan fingerprint density at radius 3 is 2.44 bits per heavy atom. The molecule has 1 fully saturated rings. The number of hydrogen-bond acceptors (Lipinski definition) is 6. The number of hydrogen-bond donors (Lipinski definition) is 0. The van der Waals surface area contributed by atoms with Gasteiger partial charge in [-0.3, -0.25) is 4.79 Å². The highest BCUT2D eigenvalue weighted by Crippen LogP contribution is 2.29. The minimum atomic E-state index is -0.00681. The zero-order valence-corrected chi connectivity index (χ0v) is 19.9. The van der Waals surface area contributed by atoms with Crippen LogP contribution in [0.15, 0.2) is 89.7 Å². The van der Waals surface area contributed by atoms with Crippen molar-refractivity contribution >= 4 is 17.4 Å². The van der Waals surface area contributed by atoms with Gasteiger partial charge in [0.05, 0.1) is 30.3 Å². The fourth-order valence-electron chi connectivity index (χ4n) is 4.57. The van der Waals surface area contributed by atoms with Gasteiger partial charge in [0.25, 0.3) is 5.91 Å². The van der Waals surface area contributed by atoms with Crippen molar-refractivity contribution in [1.29, 1.82) is 0 Å². The van der Waals surface area contributed by atoms with Gasteiger partial charge < -0.3 is 19.0 Å². The molecule has 2 aromatic carbocycles. The van der Waals surface area contributed by atoms with Gasteiger partial charge in [-0.15, -0.1) is 0 Å². The van der Waals surface area contributed by atoms with Crippen molar-refractivity contribution in [1.82, 2.24) is 19.5 Å². The van der Waals surface area contributed by atoms with Crippen molar-refractivity contribution in [3.05, 3.63) is 90.9 Å².